The first-order valence-corrected chi connectivity index (χ1v) is 13.2. The fourth-order valence-electron chi connectivity index (χ4n) is 5.01. The van der Waals surface area contributed by atoms with Crippen LogP contribution < -0.4 is 0 Å². The largest absolute Gasteiger partial charge is 0.571 e. The monoisotopic (exact) mass is 613 g/mol. The third-order valence-electron chi connectivity index (χ3n) is 7.49. The Hall–Kier alpha value is -3.58. The summed E-state index contributed by atoms with van der Waals surface area (Å²) in [6, 6.07) is 2.12. The van der Waals surface area contributed by atoms with Crippen molar-refractivity contribution in [2.24, 2.45) is 0 Å². The molecule has 12 N–H and O–H groups in total. The molecule has 2 saturated heterocycles. The summed E-state index contributed by atoms with van der Waals surface area (Å²) in [5, 5.41) is 112. The second-order valence-electron chi connectivity index (χ2n) is 10.5. The van der Waals surface area contributed by atoms with E-state index < -0.39 is 91.4 Å². The molecule has 4 aliphatic rings. The van der Waals surface area contributed by atoms with Crippen molar-refractivity contribution in [3.63, 3.8) is 0 Å². The van der Waals surface area contributed by atoms with E-state index in [-0.39, 0.29) is 34.2 Å². The molecule has 16 heteroatoms. The Labute approximate surface area is 243 Å². The number of ether oxygens (including phenoxy) is 5. The minimum Gasteiger partial charge on any atom is -0.571 e. The van der Waals surface area contributed by atoms with E-state index in [0.717, 1.165) is 18.2 Å². The molecule has 3 heterocycles. The number of hydrogen-bond acceptors (Lipinski definition) is 15. The highest BCUT2D eigenvalue weighted by Gasteiger charge is 2.48. The number of aromatic hydroxyl groups is 3. The highest BCUT2D eigenvalue weighted by Crippen LogP contribution is 2.42. The van der Waals surface area contributed by atoms with Crippen LogP contribution in [0.5, 0.6) is 17.2 Å². The fraction of sp³-hybridized carbons (Fsp3) is 0.481. The number of phenolic OH excluding ortho intramolecular Hbond substituents is 3. The Kier molecular flexibility index (Phi) is 8.50. The molecule has 0 saturated carbocycles. The quantitative estimate of drug-likeness (QED) is 0.115. The lowest BCUT2D eigenvalue weighted by Gasteiger charge is -2.41. The Morgan fingerprint density at radius 1 is 0.767 bits per heavy atom. The normalized spacial score (nSPS) is 37.9. The number of fused-ring (bicyclic) bond motifs is 1. The molecule has 11 unspecified atom stereocenters. The Morgan fingerprint density at radius 3 is 2.00 bits per heavy atom. The molecule has 0 bridgehead atoms. The third kappa shape index (κ3) is 5.72. The topological polar surface area (TPSA) is 272 Å². The van der Waals surface area contributed by atoms with Crippen molar-refractivity contribution in [3.8, 4) is 17.2 Å². The van der Waals surface area contributed by atoms with E-state index in [4.69, 9.17) is 18.9 Å². The summed E-state index contributed by atoms with van der Waals surface area (Å²) in [5.74, 6) is -2.98. The molecular formula is C27H33O16+. The van der Waals surface area contributed by atoms with Crippen LogP contribution in [0.15, 0.2) is 53.2 Å². The Balaban J connectivity index is 1.55. The molecule has 1 aromatic rings. The van der Waals surface area contributed by atoms with Gasteiger partial charge in [-0.25, -0.2) is 0 Å². The number of aliphatic hydroxyl groups is 10. The highest BCUT2D eigenvalue weighted by molar-refractivity contribution is 5.71. The molecule has 0 spiro atoms. The lowest BCUT2D eigenvalue weighted by Crippen LogP contribution is -2.59. The van der Waals surface area contributed by atoms with Crippen LogP contribution in [-0.2, 0) is 18.9 Å². The van der Waals surface area contributed by atoms with Crippen LogP contribution in [0.3, 0.4) is 0 Å². The predicted octanol–water partition coefficient (Wildman–Crippen LogP) is -2.69. The van der Waals surface area contributed by atoms with E-state index >= 15 is 0 Å². The van der Waals surface area contributed by atoms with Gasteiger partial charge in [-0.2, -0.15) is 0 Å². The average Bonchev–Trinajstić information content (AvgIpc) is 2.97. The second kappa shape index (κ2) is 11.8. The van der Waals surface area contributed by atoms with Crippen LogP contribution in [0.4, 0.5) is 0 Å². The van der Waals surface area contributed by atoms with Crippen molar-refractivity contribution in [2.75, 3.05) is 6.61 Å². The molecule has 2 fully saturated rings. The average molecular weight is 614 g/mol. The molecule has 43 heavy (non-hydrogen) atoms. The lowest BCUT2D eigenvalue weighted by atomic mass is 9.96. The molecule has 11 atom stereocenters. The van der Waals surface area contributed by atoms with E-state index in [0.29, 0.717) is 0 Å². The van der Waals surface area contributed by atoms with Gasteiger partial charge in [0.2, 0.25) is 24.4 Å². The maximum Gasteiger partial charge on any atom is 0.305 e. The van der Waals surface area contributed by atoms with Gasteiger partial charge >= 0.3 is 5.76 Å². The van der Waals surface area contributed by atoms with Crippen LogP contribution >= 0.6 is 0 Å². The van der Waals surface area contributed by atoms with Gasteiger partial charge in [-0.3, -0.25) is 0 Å². The Morgan fingerprint density at radius 2 is 1.37 bits per heavy atom. The van der Waals surface area contributed by atoms with Gasteiger partial charge in [0.1, 0.15) is 54.2 Å². The standard InChI is InChI=1S/C27H32O16/c1-8-18(32)21(35)23(37)26(39-8)42-16-6-11-14(40-25(16)9-2-12(30)19(33)13(31)3-9)4-10(29)5-15(11)41-27-24(38)22(36)20(34)17(7-28)43-27/h2-6,8,14,17-18,20-24,26-38H,7H2,1H3/p+1. The van der Waals surface area contributed by atoms with Crippen LogP contribution in [0, 0.1) is 0 Å². The number of aliphatic hydroxyl groups excluding tert-OH is 8. The smallest absolute Gasteiger partial charge is 0.305 e. The van der Waals surface area contributed by atoms with Gasteiger partial charge in [0.15, 0.2) is 17.2 Å². The number of benzene rings is 1. The van der Waals surface area contributed by atoms with Gasteiger partial charge in [0, 0.05) is 24.3 Å². The zero-order valence-corrected chi connectivity index (χ0v) is 22.4. The van der Waals surface area contributed by atoms with Gasteiger partial charge in [0.05, 0.1) is 29.9 Å². The fourth-order valence-corrected chi connectivity index (χ4v) is 5.01. The van der Waals surface area contributed by atoms with Crippen molar-refractivity contribution in [1.29, 1.82) is 0 Å². The molecule has 236 valence electrons. The summed E-state index contributed by atoms with van der Waals surface area (Å²) < 4.78 is 27.2. The molecule has 5 rings (SSSR count). The van der Waals surface area contributed by atoms with Crippen LogP contribution in [0.2, 0.25) is 0 Å². The zero-order chi connectivity index (χ0) is 31.3. The minimum atomic E-state index is -1.78. The minimum absolute atomic E-state index is 0.0101. The first kappa shape index (κ1) is 30.9. The van der Waals surface area contributed by atoms with Crippen molar-refractivity contribution >= 4 is 5.76 Å². The maximum atomic E-state index is 10.6. The molecule has 3 aliphatic heterocycles. The molecule has 1 aliphatic carbocycles. The first-order valence-electron chi connectivity index (χ1n) is 13.2. The van der Waals surface area contributed by atoms with E-state index in [9.17, 15) is 56.2 Å². The van der Waals surface area contributed by atoms with Crippen LogP contribution in [-0.4, -0.2) is 135 Å². The van der Waals surface area contributed by atoms with Crippen molar-refractivity contribution in [1.82, 2.24) is 0 Å². The molecule has 1 aromatic carbocycles. The van der Waals surface area contributed by atoms with Gasteiger partial charge in [-0.1, -0.05) is 0 Å². The zero-order valence-electron chi connectivity index (χ0n) is 22.4. The summed E-state index contributed by atoms with van der Waals surface area (Å²) in [6.07, 6.45) is -12.7. The maximum absolute atomic E-state index is 10.6. The summed E-state index contributed by atoms with van der Waals surface area (Å²) in [7, 11) is 0. The lowest BCUT2D eigenvalue weighted by molar-refractivity contribution is -0.291. The summed E-state index contributed by atoms with van der Waals surface area (Å²) in [4.78, 5) is 0. The van der Waals surface area contributed by atoms with Crippen molar-refractivity contribution < 1.29 is 79.9 Å². The number of phenols is 3. The SMILES string of the molecule is CC1OC(OC2=C(c3cc(O)c(O)c(O)c3)[OH+]C3C=C(O)C=C(OC4OC(CO)C(O)C(O)C4O)C3=C2)C(O)C(O)C1O. The highest BCUT2D eigenvalue weighted by atomic mass is 16.7. The molecule has 0 amide bonds. The van der Waals surface area contributed by atoms with Gasteiger partial charge in [0.25, 0.3) is 0 Å². The van der Waals surface area contributed by atoms with E-state index in [1.165, 1.54) is 19.1 Å². The van der Waals surface area contributed by atoms with Crippen LogP contribution in [0.1, 0.15) is 12.5 Å². The van der Waals surface area contributed by atoms with Crippen molar-refractivity contribution in [3.05, 3.63) is 58.8 Å². The second-order valence-corrected chi connectivity index (χ2v) is 10.5. The summed E-state index contributed by atoms with van der Waals surface area (Å²) in [5.41, 5.74) is 0.176. The van der Waals surface area contributed by atoms with Gasteiger partial charge in [-0.15, -0.1) is 0 Å². The molecule has 0 aromatic heterocycles. The van der Waals surface area contributed by atoms with Crippen LogP contribution in [0.25, 0.3) is 5.76 Å². The van der Waals surface area contributed by atoms with Gasteiger partial charge < -0.3 is 79.9 Å². The summed E-state index contributed by atoms with van der Waals surface area (Å²) >= 11 is 0. The third-order valence-corrected chi connectivity index (χ3v) is 7.49. The molecule has 16 nitrogen and oxygen atoms in total. The predicted molar refractivity (Wildman–Crippen MR) is 140 cm³/mol. The summed E-state index contributed by atoms with van der Waals surface area (Å²) in [6.45, 7) is 0.722. The number of allylic oxidation sites excluding steroid dienone is 2. The molecule has 0 radical (unpaired) electrons. The number of rotatable bonds is 6. The Bertz CT molecular complexity index is 1330. The van der Waals surface area contributed by atoms with E-state index in [1.54, 1.807) is 0 Å². The van der Waals surface area contributed by atoms with Gasteiger partial charge in [-0.05, 0) is 6.92 Å². The van der Waals surface area contributed by atoms with E-state index in [1.807, 2.05) is 0 Å². The molecular weight excluding hydrogens is 580 g/mol. The van der Waals surface area contributed by atoms with E-state index in [2.05, 4.69) is 4.74 Å². The number of hydrogen-bond donors (Lipinski definition) is 11. The first-order chi connectivity index (χ1) is 20.3. The van der Waals surface area contributed by atoms with Crippen molar-refractivity contribution in [2.45, 2.75) is 74.4 Å².